The second-order valence-electron chi connectivity index (χ2n) is 5.37. The first-order valence-corrected chi connectivity index (χ1v) is 7.78. The highest BCUT2D eigenvalue weighted by molar-refractivity contribution is 5.80. The molecular weight excluding hydrogens is 248 g/mol. The van der Waals surface area contributed by atoms with Crippen LogP contribution in [0.3, 0.4) is 0 Å². The first kappa shape index (κ1) is 14.8. The minimum absolute atomic E-state index is 0.627. The Morgan fingerprint density at radius 3 is 3.00 bits per heavy atom. The van der Waals surface area contributed by atoms with Gasteiger partial charge in [-0.15, -0.1) is 0 Å². The third-order valence-corrected chi connectivity index (χ3v) is 3.61. The van der Waals surface area contributed by atoms with Crippen molar-refractivity contribution in [3.05, 3.63) is 30.1 Å². The highest BCUT2D eigenvalue weighted by Gasteiger charge is 2.36. The molecule has 1 heterocycles. The SMILES string of the molecule is CCCC1CC1NC(=NCCc1ccccn1)NCC. The quantitative estimate of drug-likeness (QED) is 0.593. The predicted molar refractivity (Wildman–Crippen MR) is 83.9 cm³/mol. The van der Waals surface area contributed by atoms with E-state index in [0.717, 1.165) is 37.1 Å². The van der Waals surface area contributed by atoms with Crippen LogP contribution in [0.25, 0.3) is 0 Å². The van der Waals surface area contributed by atoms with E-state index >= 15 is 0 Å². The number of hydrogen-bond acceptors (Lipinski definition) is 2. The topological polar surface area (TPSA) is 49.3 Å². The summed E-state index contributed by atoms with van der Waals surface area (Å²) in [4.78, 5) is 8.96. The monoisotopic (exact) mass is 274 g/mol. The van der Waals surface area contributed by atoms with Crippen LogP contribution in [0.5, 0.6) is 0 Å². The van der Waals surface area contributed by atoms with Crippen LogP contribution in [0.1, 0.15) is 38.8 Å². The van der Waals surface area contributed by atoms with Crippen LogP contribution in [0.15, 0.2) is 29.4 Å². The number of guanidine groups is 1. The maximum atomic E-state index is 4.64. The molecule has 2 atom stereocenters. The molecule has 0 amide bonds. The van der Waals surface area contributed by atoms with E-state index in [2.05, 4.69) is 34.5 Å². The molecule has 0 saturated heterocycles. The highest BCUT2D eigenvalue weighted by atomic mass is 15.2. The lowest BCUT2D eigenvalue weighted by molar-refractivity contribution is 0.655. The van der Waals surface area contributed by atoms with Gasteiger partial charge in [-0.1, -0.05) is 19.4 Å². The van der Waals surface area contributed by atoms with Crippen molar-refractivity contribution in [2.75, 3.05) is 13.1 Å². The van der Waals surface area contributed by atoms with Gasteiger partial charge in [0.05, 0.1) is 0 Å². The molecule has 20 heavy (non-hydrogen) atoms. The van der Waals surface area contributed by atoms with Gasteiger partial charge in [0.15, 0.2) is 5.96 Å². The summed E-state index contributed by atoms with van der Waals surface area (Å²) in [6.07, 6.45) is 6.61. The third kappa shape index (κ3) is 4.83. The molecule has 1 saturated carbocycles. The fraction of sp³-hybridized carbons (Fsp3) is 0.625. The summed E-state index contributed by atoms with van der Waals surface area (Å²) in [5.74, 6) is 1.80. The van der Waals surface area contributed by atoms with Crippen LogP contribution in [-0.4, -0.2) is 30.1 Å². The summed E-state index contributed by atoms with van der Waals surface area (Å²) in [6, 6.07) is 6.64. The van der Waals surface area contributed by atoms with Crippen LogP contribution in [-0.2, 0) is 6.42 Å². The van der Waals surface area contributed by atoms with E-state index in [1.165, 1.54) is 19.3 Å². The van der Waals surface area contributed by atoms with Crippen LogP contribution < -0.4 is 10.6 Å². The Labute approximate surface area is 122 Å². The predicted octanol–water partition coefficient (Wildman–Crippen LogP) is 2.37. The molecule has 1 aliphatic rings. The van der Waals surface area contributed by atoms with Crippen molar-refractivity contribution in [3.63, 3.8) is 0 Å². The average molecular weight is 274 g/mol. The average Bonchev–Trinajstić information content (AvgIpc) is 3.18. The summed E-state index contributed by atoms with van der Waals surface area (Å²) in [5, 5.41) is 6.85. The van der Waals surface area contributed by atoms with Crippen molar-refractivity contribution in [1.82, 2.24) is 15.6 Å². The van der Waals surface area contributed by atoms with Crippen molar-refractivity contribution in [3.8, 4) is 0 Å². The number of aliphatic imine (C=N–C) groups is 1. The van der Waals surface area contributed by atoms with E-state index in [1.54, 1.807) is 0 Å². The second kappa shape index (κ2) is 7.88. The molecule has 2 N–H and O–H groups in total. The van der Waals surface area contributed by atoms with Gasteiger partial charge < -0.3 is 10.6 Å². The maximum absolute atomic E-state index is 4.64. The van der Waals surface area contributed by atoms with E-state index in [9.17, 15) is 0 Å². The molecule has 0 radical (unpaired) electrons. The number of pyridine rings is 1. The summed E-state index contributed by atoms with van der Waals surface area (Å²) in [7, 11) is 0. The van der Waals surface area contributed by atoms with Gasteiger partial charge in [-0.3, -0.25) is 9.98 Å². The van der Waals surface area contributed by atoms with Gasteiger partial charge >= 0.3 is 0 Å². The van der Waals surface area contributed by atoms with E-state index in [4.69, 9.17) is 0 Å². The van der Waals surface area contributed by atoms with Gasteiger partial charge in [0, 0.05) is 37.4 Å². The van der Waals surface area contributed by atoms with Crippen molar-refractivity contribution >= 4 is 5.96 Å². The molecule has 0 aliphatic heterocycles. The lowest BCUT2D eigenvalue weighted by Gasteiger charge is -2.11. The zero-order valence-electron chi connectivity index (χ0n) is 12.6. The largest absolute Gasteiger partial charge is 0.357 e. The Hall–Kier alpha value is -1.58. The van der Waals surface area contributed by atoms with Crippen LogP contribution in [0.2, 0.25) is 0 Å². The van der Waals surface area contributed by atoms with Crippen molar-refractivity contribution < 1.29 is 0 Å². The molecule has 4 nitrogen and oxygen atoms in total. The zero-order chi connectivity index (χ0) is 14.2. The molecule has 2 unspecified atom stereocenters. The smallest absolute Gasteiger partial charge is 0.191 e. The first-order chi connectivity index (χ1) is 9.83. The number of aromatic nitrogens is 1. The van der Waals surface area contributed by atoms with E-state index in [1.807, 2.05) is 24.4 Å². The van der Waals surface area contributed by atoms with Gasteiger partial charge in [0.25, 0.3) is 0 Å². The second-order valence-corrected chi connectivity index (χ2v) is 5.37. The third-order valence-electron chi connectivity index (χ3n) is 3.61. The molecule has 110 valence electrons. The van der Waals surface area contributed by atoms with Crippen LogP contribution in [0, 0.1) is 5.92 Å². The summed E-state index contributed by atoms with van der Waals surface area (Å²) < 4.78 is 0. The Balaban J connectivity index is 1.77. The molecular formula is C16H26N4. The Morgan fingerprint density at radius 1 is 1.40 bits per heavy atom. The Morgan fingerprint density at radius 2 is 2.30 bits per heavy atom. The summed E-state index contributed by atoms with van der Waals surface area (Å²) >= 11 is 0. The number of hydrogen-bond donors (Lipinski definition) is 2. The summed E-state index contributed by atoms with van der Waals surface area (Å²) in [6.45, 7) is 6.03. The van der Waals surface area contributed by atoms with E-state index in [0.29, 0.717) is 6.04 Å². The van der Waals surface area contributed by atoms with Crippen molar-refractivity contribution in [2.24, 2.45) is 10.9 Å². The van der Waals surface area contributed by atoms with Gasteiger partial charge in [-0.25, -0.2) is 0 Å². The molecule has 2 rings (SSSR count). The highest BCUT2D eigenvalue weighted by Crippen LogP contribution is 2.34. The molecule has 1 aromatic rings. The Bertz CT molecular complexity index is 416. The summed E-state index contributed by atoms with van der Waals surface area (Å²) in [5.41, 5.74) is 1.10. The molecule has 0 bridgehead atoms. The van der Waals surface area contributed by atoms with Crippen LogP contribution in [0.4, 0.5) is 0 Å². The van der Waals surface area contributed by atoms with E-state index in [-0.39, 0.29) is 0 Å². The Kier molecular flexibility index (Phi) is 5.84. The lowest BCUT2D eigenvalue weighted by Crippen LogP contribution is -2.39. The van der Waals surface area contributed by atoms with Crippen LogP contribution >= 0.6 is 0 Å². The first-order valence-electron chi connectivity index (χ1n) is 7.78. The number of nitrogens with one attached hydrogen (secondary N) is 2. The molecule has 1 aromatic heterocycles. The molecule has 1 fully saturated rings. The lowest BCUT2D eigenvalue weighted by atomic mass is 10.2. The molecule has 1 aliphatic carbocycles. The fourth-order valence-corrected chi connectivity index (χ4v) is 2.44. The van der Waals surface area contributed by atoms with Gasteiger partial charge in [-0.2, -0.15) is 0 Å². The van der Waals surface area contributed by atoms with Gasteiger partial charge in [0.2, 0.25) is 0 Å². The van der Waals surface area contributed by atoms with Crippen molar-refractivity contribution in [1.29, 1.82) is 0 Å². The minimum atomic E-state index is 0.627. The van der Waals surface area contributed by atoms with Gasteiger partial charge in [-0.05, 0) is 37.8 Å². The normalized spacial score (nSPS) is 21.6. The standard InChI is InChI=1S/C16H26N4/c1-3-7-13-12-15(13)20-16(17-4-2)19-11-9-14-8-5-6-10-18-14/h5-6,8,10,13,15H,3-4,7,9,11-12H2,1-2H3,(H2,17,19,20). The molecule has 4 heteroatoms. The van der Waals surface area contributed by atoms with Crippen molar-refractivity contribution in [2.45, 2.75) is 45.6 Å². The molecule has 0 spiro atoms. The van der Waals surface area contributed by atoms with E-state index < -0.39 is 0 Å². The number of nitrogens with zero attached hydrogens (tertiary/aromatic N) is 2. The molecule has 0 aromatic carbocycles. The zero-order valence-corrected chi connectivity index (χ0v) is 12.6. The number of rotatable bonds is 7. The van der Waals surface area contributed by atoms with Gasteiger partial charge in [0.1, 0.15) is 0 Å². The fourth-order valence-electron chi connectivity index (χ4n) is 2.44. The maximum Gasteiger partial charge on any atom is 0.191 e. The minimum Gasteiger partial charge on any atom is -0.357 e.